The number of carbonyl (C=O) groups excluding carboxylic acids is 2. The highest BCUT2D eigenvalue weighted by Crippen LogP contribution is 2.27. The fraction of sp³-hybridized carbons (Fsp3) is 0.259. The molecule has 2 amide bonds. The molecule has 7 nitrogen and oxygen atoms in total. The van der Waals surface area contributed by atoms with Crippen molar-refractivity contribution in [3.05, 3.63) is 94.8 Å². The quantitative estimate of drug-likeness (QED) is 0.405. The summed E-state index contributed by atoms with van der Waals surface area (Å²) in [6.45, 7) is 4.78. The molecule has 0 aliphatic carbocycles. The lowest BCUT2D eigenvalue weighted by Gasteiger charge is -2.32. The van der Waals surface area contributed by atoms with Crippen LogP contribution >= 0.6 is 11.6 Å². The summed E-state index contributed by atoms with van der Waals surface area (Å²) in [6, 6.07) is 17.2. The number of nitrogens with zero attached hydrogens (tertiary/aromatic N) is 2. The van der Waals surface area contributed by atoms with Crippen molar-refractivity contribution >= 4 is 39.1 Å². The number of nitrogens with one attached hydrogen (secondary N) is 1. The molecule has 0 unspecified atom stereocenters. The van der Waals surface area contributed by atoms with Crippen LogP contribution in [0.4, 0.5) is 10.1 Å². The van der Waals surface area contributed by atoms with E-state index in [2.05, 4.69) is 5.32 Å². The molecule has 0 aromatic heterocycles. The van der Waals surface area contributed by atoms with Crippen molar-refractivity contribution in [3.8, 4) is 0 Å². The van der Waals surface area contributed by atoms with Crippen LogP contribution in [0.25, 0.3) is 0 Å². The van der Waals surface area contributed by atoms with Crippen molar-refractivity contribution in [3.63, 3.8) is 0 Å². The topological polar surface area (TPSA) is 86.8 Å². The second kappa shape index (κ2) is 12.2. The monoisotopic (exact) mass is 545 g/mol. The maximum atomic E-state index is 14.9. The molecule has 1 atom stereocenters. The van der Waals surface area contributed by atoms with Crippen molar-refractivity contribution < 1.29 is 22.4 Å². The summed E-state index contributed by atoms with van der Waals surface area (Å²) < 4.78 is 42.9. The minimum atomic E-state index is -4.33. The Balaban J connectivity index is 2.03. The third kappa shape index (κ3) is 6.87. The highest BCUT2D eigenvalue weighted by molar-refractivity contribution is 7.92. The van der Waals surface area contributed by atoms with Crippen molar-refractivity contribution in [2.24, 2.45) is 0 Å². The van der Waals surface area contributed by atoms with Crippen LogP contribution in [0.15, 0.2) is 77.7 Å². The fourth-order valence-electron chi connectivity index (χ4n) is 3.70. The predicted molar refractivity (Wildman–Crippen MR) is 142 cm³/mol. The van der Waals surface area contributed by atoms with Crippen LogP contribution in [0.2, 0.25) is 5.02 Å². The van der Waals surface area contributed by atoms with E-state index in [9.17, 15) is 22.4 Å². The Morgan fingerprint density at radius 1 is 1.00 bits per heavy atom. The van der Waals surface area contributed by atoms with Gasteiger partial charge >= 0.3 is 0 Å². The fourth-order valence-corrected chi connectivity index (χ4v) is 5.24. The number of halogens is 2. The van der Waals surface area contributed by atoms with Gasteiger partial charge in [0.1, 0.15) is 18.4 Å². The third-order valence-electron chi connectivity index (χ3n) is 5.79. The largest absolute Gasteiger partial charge is 0.355 e. The molecule has 0 saturated carbocycles. The maximum absolute atomic E-state index is 14.9. The molecule has 0 fully saturated rings. The van der Waals surface area contributed by atoms with E-state index in [-0.39, 0.29) is 17.1 Å². The molecule has 0 saturated heterocycles. The molecular weight excluding hydrogens is 517 g/mol. The zero-order valence-electron chi connectivity index (χ0n) is 20.8. The van der Waals surface area contributed by atoms with Gasteiger partial charge < -0.3 is 10.2 Å². The minimum Gasteiger partial charge on any atom is -0.355 e. The molecule has 0 heterocycles. The number of likely N-dealkylation sites (N-methyl/N-ethyl adjacent to an activating group) is 1. The number of carbonyl (C=O) groups is 2. The molecule has 196 valence electrons. The van der Waals surface area contributed by atoms with Crippen LogP contribution in [-0.4, -0.2) is 44.3 Å². The molecule has 1 N–H and O–H groups in total. The third-order valence-corrected chi connectivity index (χ3v) is 7.82. The zero-order chi connectivity index (χ0) is 27.2. The number of anilines is 1. The average Bonchev–Trinajstić information content (AvgIpc) is 2.87. The molecule has 3 rings (SSSR count). The van der Waals surface area contributed by atoms with Crippen LogP contribution in [-0.2, 0) is 26.2 Å². The molecule has 0 aliphatic heterocycles. The summed E-state index contributed by atoms with van der Waals surface area (Å²) in [5, 5.41) is 3.19. The molecule has 0 aliphatic rings. The Morgan fingerprint density at radius 2 is 1.62 bits per heavy atom. The SMILES string of the molecule is CCNC(=O)[C@H](C)N(Cc1ccc(Cl)cc1)C(=O)CN(c1ccccc1F)S(=O)(=O)c1ccc(C)cc1. The summed E-state index contributed by atoms with van der Waals surface area (Å²) >= 11 is 5.98. The first-order valence-corrected chi connectivity index (χ1v) is 13.5. The Bertz CT molecular complexity index is 1350. The molecule has 3 aromatic carbocycles. The van der Waals surface area contributed by atoms with E-state index in [4.69, 9.17) is 11.6 Å². The number of benzene rings is 3. The molecule has 3 aromatic rings. The first-order valence-electron chi connectivity index (χ1n) is 11.7. The van der Waals surface area contributed by atoms with Crippen LogP contribution in [0.3, 0.4) is 0 Å². The van der Waals surface area contributed by atoms with E-state index in [1.54, 1.807) is 50.2 Å². The highest BCUT2D eigenvalue weighted by atomic mass is 35.5. The van der Waals surface area contributed by atoms with Crippen molar-refractivity contribution in [1.29, 1.82) is 0 Å². The number of sulfonamides is 1. The van der Waals surface area contributed by atoms with Gasteiger partial charge in [0.05, 0.1) is 10.6 Å². The van der Waals surface area contributed by atoms with E-state index in [1.165, 1.54) is 35.2 Å². The Kier molecular flexibility index (Phi) is 9.29. The van der Waals surface area contributed by atoms with Crippen LogP contribution in [0.5, 0.6) is 0 Å². The Morgan fingerprint density at radius 3 is 2.22 bits per heavy atom. The van der Waals surface area contributed by atoms with Gasteiger partial charge in [0, 0.05) is 18.1 Å². The number of aryl methyl sites for hydroxylation is 1. The Hall–Kier alpha value is -3.43. The average molecular weight is 546 g/mol. The van der Waals surface area contributed by atoms with Crippen LogP contribution in [0, 0.1) is 12.7 Å². The normalized spacial score (nSPS) is 12.0. The summed E-state index contributed by atoms with van der Waals surface area (Å²) in [7, 11) is -4.33. The number of hydrogen-bond acceptors (Lipinski definition) is 4. The summed E-state index contributed by atoms with van der Waals surface area (Å²) in [5.74, 6) is -1.87. The number of hydrogen-bond donors (Lipinski definition) is 1. The molecule has 0 spiro atoms. The number of amides is 2. The summed E-state index contributed by atoms with van der Waals surface area (Å²) in [6.07, 6.45) is 0. The van der Waals surface area contributed by atoms with Gasteiger partial charge in [0.15, 0.2) is 0 Å². The van der Waals surface area contributed by atoms with E-state index in [0.717, 1.165) is 15.9 Å². The molecular formula is C27H29ClFN3O4S. The second-order valence-electron chi connectivity index (χ2n) is 8.49. The first kappa shape index (κ1) is 28.1. The van der Waals surface area contributed by atoms with E-state index in [1.807, 2.05) is 6.92 Å². The van der Waals surface area contributed by atoms with E-state index >= 15 is 0 Å². The lowest BCUT2D eigenvalue weighted by atomic mass is 10.1. The lowest BCUT2D eigenvalue weighted by molar-refractivity contribution is -0.139. The van der Waals surface area contributed by atoms with Crippen molar-refractivity contribution in [1.82, 2.24) is 10.2 Å². The van der Waals surface area contributed by atoms with Crippen molar-refractivity contribution in [2.45, 2.75) is 38.3 Å². The standard InChI is InChI=1S/C27H29ClFN3O4S/c1-4-30-27(34)20(3)31(17-21-11-13-22(28)14-12-21)26(33)18-32(25-8-6-5-7-24(25)29)37(35,36)23-15-9-19(2)10-16-23/h5-16,20H,4,17-18H2,1-3H3,(H,30,34)/t20-/m0/s1. The van der Waals surface area contributed by atoms with Crippen LogP contribution < -0.4 is 9.62 Å². The zero-order valence-corrected chi connectivity index (χ0v) is 22.4. The van der Waals surface area contributed by atoms with Gasteiger partial charge in [-0.2, -0.15) is 0 Å². The molecule has 37 heavy (non-hydrogen) atoms. The van der Waals surface area contributed by atoms with Gasteiger partial charge in [-0.1, -0.05) is 53.6 Å². The minimum absolute atomic E-state index is 0.0179. The van der Waals surface area contributed by atoms with Gasteiger partial charge in [-0.3, -0.25) is 13.9 Å². The molecule has 10 heteroatoms. The van der Waals surface area contributed by atoms with Gasteiger partial charge in [0.25, 0.3) is 10.0 Å². The summed E-state index contributed by atoms with van der Waals surface area (Å²) in [4.78, 5) is 27.5. The highest BCUT2D eigenvalue weighted by Gasteiger charge is 2.33. The van der Waals surface area contributed by atoms with Gasteiger partial charge in [0.2, 0.25) is 11.8 Å². The van der Waals surface area contributed by atoms with E-state index < -0.39 is 40.2 Å². The lowest BCUT2D eigenvalue weighted by Crippen LogP contribution is -2.51. The summed E-state index contributed by atoms with van der Waals surface area (Å²) in [5.41, 5.74) is 1.26. The van der Waals surface area contributed by atoms with Gasteiger partial charge in [-0.05, 0) is 62.7 Å². The van der Waals surface area contributed by atoms with Gasteiger partial charge in [-0.15, -0.1) is 0 Å². The van der Waals surface area contributed by atoms with Crippen LogP contribution in [0.1, 0.15) is 25.0 Å². The molecule has 0 radical (unpaired) electrons. The smallest absolute Gasteiger partial charge is 0.264 e. The number of rotatable bonds is 10. The van der Waals surface area contributed by atoms with Gasteiger partial charge in [-0.25, -0.2) is 12.8 Å². The Labute approximate surface area is 221 Å². The number of para-hydroxylation sites is 1. The van der Waals surface area contributed by atoms with Crippen molar-refractivity contribution in [2.75, 3.05) is 17.4 Å². The predicted octanol–water partition coefficient (Wildman–Crippen LogP) is 4.54. The first-order chi connectivity index (χ1) is 17.5. The van der Waals surface area contributed by atoms with E-state index in [0.29, 0.717) is 17.1 Å². The maximum Gasteiger partial charge on any atom is 0.264 e. The second-order valence-corrected chi connectivity index (χ2v) is 10.8. The molecule has 0 bridgehead atoms.